The maximum absolute atomic E-state index is 2.42. The van der Waals surface area contributed by atoms with E-state index in [4.69, 9.17) is 0 Å². The van der Waals surface area contributed by atoms with E-state index in [1.165, 1.54) is 6.42 Å². The van der Waals surface area contributed by atoms with Gasteiger partial charge in [-0.05, 0) is 35.0 Å². The summed E-state index contributed by atoms with van der Waals surface area (Å²) in [6, 6.07) is 0. The van der Waals surface area contributed by atoms with Crippen LogP contribution in [0.15, 0.2) is 0 Å². The van der Waals surface area contributed by atoms with Crippen molar-refractivity contribution >= 4 is 0 Å². The van der Waals surface area contributed by atoms with Crippen LogP contribution in [0.3, 0.4) is 0 Å². The van der Waals surface area contributed by atoms with Crippen LogP contribution in [0.2, 0.25) is 0 Å². The largest absolute Gasteiger partial charge is 0.0619 e. The molecule has 0 nitrogen and oxygen atoms in total. The molecule has 0 radical (unpaired) electrons. The summed E-state index contributed by atoms with van der Waals surface area (Å²) in [6.45, 7) is 16.7. The minimum absolute atomic E-state index is 0.513. The van der Waals surface area contributed by atoms with Crippen LogP contribution in [-0.2, 0) is 0 Å². The van der Waals surface area contributed by atoms with Gasteiger partial charge in [-0.2, -0.15) is 0 Å². The highest BCUT2D eigenvalue weighted by Gasteiger charge is 2.53. The van der Waals surface area contributed by atoms with Crippen molar-refractivity contribution in [1.82, 2.24) is 0 Å². The summed E-state index contributed by atoms with van der Waals surface area (Å²) in [5.41, 5.74) is 1.04. The van der Waals surface area contributed by atoms with Crippen LogP contribution in [-0.4, -0.2) is 0 Å². The highest BCUT2D eigenvalue weighted by atomic mass is 14.6. The average Bonchev–Trinajstić information content (AvgIpc) is 2.34. The summed E-state index contributed by atoms with van der Waals surface area (Å²) in [5.74, 6) is 2.91. The standard InChI is InChI=1S/C13H26/c1-9-10(8-12(2,3)4)11(9)13(5,6)7/h9-11H,8H2,1-7H3. The molecule has 0 N–H and O–H groups in total. The normalized spacial score (nSPS) is 34.8. The average molecular weight is 182 g/mol. The number of rotatable bonds is 1. The van der Waals surface area contributed by atoms with E-state index >= 15 is 0 Å². The Balaban J connectivity index is 2.50. The molecule has 0 aromatic carbocycles. The van der Waals surface area contributed by atoms with Crippen LogP contribution in [0.25, 0.3) is 0 Å². The molecule has 0 heteroatoms. The van der Waals surface area contributed by atoms with Gasteiger partial charge in [-0.3, -0.25) is 0 Å². The lowest BCUT2D eigenvalue weighted by atomic mass is 9.84. The molecule has 3 atom stereocenters. The molecule has 78 valence electrons. The van der Waals surface area contributed by atoms with E-state index in [9.17, 15) is 0 Å². The van der Waals surface area contributed by atoms with E-state index in [0.717, 1.165) is 17.8 Å². The Labute approximate surface area is 84.1 Å². The van der Waals surface area contributed by atoms with Crippen molar-refractivity contribution in [3.05, 3.63) is 0 Å². The number of hydrogen-bond acceptors (Lipinski definition) is 0. The zero-order chi connectivity index (χ0) is 10.4. The lowest BCUT2D eigenvalue weighted by Gasteiger charge is -2.22. The predicted molar refractivity (Wildman–Crippen MR) is 59.7 cm³/mol. The third-order valence-electron chi connectivity index (χ3n) is 3.41. The molecule has 3 unspecified atom stereocenters. The van der Waals surface area contributed by atoms with Crippen molar-refractivity contribution in [2.75, 3.05) is 0 Å². The first-order chi connectivity index (χ1) is 5.63. The monoisotopic (exact) mass is 182 g/mol. The van der Waals surface area contributed by atoms with Gasteiger partial charge in [0.25, 0.3) is 0 Å². The summed E-state index contributed by atoms with van der Waals surface area (Å²) in [7, 11) is 0. The van der Waals surface area contributed by atoms with Crippen LogP contribution in [0, 0.1) is 28.6 Å². The molecule has 0 bridgehead atoms. The lowest BCUT2D eigenvalue weighted by molar-refractivity contribution is 0.283. The zero-order valence-electron chi connectivity index (χ0n) is 10.4. The van der Waals surface area contributed by atoms with Crippen LogP contribution in [0.4, 0.5) is 0 Å². The third-order valence-corrected chi connectivity index (χ3v) is 3.41. The molecule has 1 aliphatic rings. The highest BCUT2D eigenvalue weighted by Crippen LogP contribution is 2.59. The molecular formula is C13H26. The van der Waals surface area contributed by atoms with Crippen molar-refractivity contribution in [3.8, 4) is 0 Å². The molecule has 13 heavy (non-hydrogen) atoms. The molecule has 0 heterocycles. The topological polar surface area (TPSA) is 0 Å². The lowest BCUT2D eigenvalue weighted by Crippen LogP contribution is -2.13. The van der Waals surface area contributed by atoms with E-state index in [2.05, 4.69) is 48.5 Å². The van der Waals surface area contributed by atoms with Crippen LogP contribution < -0.4 is 0 Å². The predicted octanol–water partition coefficient (Wildman–Crippen LogP) is 4.35. The van der Waals surface area contributed by atoms with Crippen LogP contribution in [0.1, 0.15) is 54.9 Å². The zero-order valence-corrected chi connectivity index (χ0v) is 10.4. The Bertz CT molecular complexity index is 177. The second kappa shape index (κ2) is 3.00. The molecule has 0 amide bonds. The first-order valence-corrected chi connectivity index (χ1v) is 5.63. The first-order valence-electron chi connectivity index (χ1n) is 5.63. The van der Waals surface area contributed by atoms with Gasteiger partial charge >= 0.3 is 0 Å². The third kappa shape index (κ3) is 2.72. The fraction of sp³-hybridized carbons (Fsp3) is 1.00. The van der Waals surface area contributed by atoms with Gasteiger partial charge < -0.3 is 0 Å². The fourth-order valence-corrected chi connectivity index (χ4v) is 3.00. The van der Waals surface area contributed by atoms with Crippen molar-refractivity contribution in [2.45, 2.75) is 54.9 Å². The quantitative estimate of drug-likeness (QED) is 0.565. The maximum Gasteiger partial charge on any atom is -0.0306 e. The molecule has 0 aromatic rings. The Kier molecular flexibility index (Phi) is 2.56. The second-order valence-corrected chi connectivity index (χ2v) is 7.18. The van der Waals surface area contributed by atoms with Gasteiger partial charge in [0, 0.05) is 0 Å². The second-order valence-electron chi connectivity index (χ2n) is 7.18. The minimum atomic E-state index is 0.513. The van der Waals surface area contributed by atoms with E-state index in [1.807, 2.05) is 0 Å². The Morgan fingerprint density at radius 2 is 1.38 bits per heavy atom. The van der Waals surface area contributed by atoms with Gasteiger partial charge in [0.1, 0.15) is 0 Å². The van der Waals surface area contributed by atoms with Crippen molar-refractivity contribution < 1.29 is 0 Å². The minimum Gasteiger partial charge on any atom is -0.0619 e. The maximum atomic E-state index is 2.42. The molecule has 0 saturated heterocycles. The van der Waals surface area contributed by atoms with Gasteiger partial charge in [-0.1, -0.05) is 48.5 Å². The Morgan fingerprint density at radius 1 is 0.923 bits per heavy atom. The molecular weight excluding hydrogens is 156 g/mol. The summed E-state index contributed by atoms with van der Waals surface area (Å²) < 4.78 is 0. The Morgan fingerprint density at radius 3 is 1.62 bits per heavy atom. The molecule has 0 spiro atoms. The van der Waals surface area contributed by atoms with Gasteiger partial charge in [0.2, 0.25) is 0 Å². The van der Waals surface area contributed by atoms with Crippen molar-refractivity contribution in [1.29, 1.82) is 0 Å². The summed E-state index contributed by atoms with van der Waals surface area (Å²) in [5, 5.41) is 0. The summed E-state index contributed by atoms with van der Waals surface area (Å²) >= 11 is 0. The van der Waals surface area contributed by atoms with E-state index < -0.39 is 0 Å². The smallest absolute Gasteiger partial charge is 0.0306 e. The molecule has 0 aromatic heterocycles. The fourth-order valence-electron chi connectivity index (χ4n) is 3.00. The molecule has 1 rings (SSSR count). The molecule has 0 aliphatic heterocycles. The van der Waals surface area contributed by atoms with Crippen LogP contribution in [0.5, 0.6) is 0 Å². The summed E-state index contributed by atoms with van der Waals surface area (Å²) in [6.07, 6.45) is 1.40. The van der Waals surface area contributed by atoms with Crippen molar-refractivity contribution in [2.24, 2.45) is 28.6 Å². The highest BCUT2D eigenvalue weighted by molar-refractivity contribution is 5.01. The SMILES string of the molecule is CC1C(CC(C)(C)C)C1C(C)(C)C. The van der Waals surface area contributed by atoms with E-state index in [0.29, 0.717) is 10.8 Å². The van der Waals surface area contributed by atoms with Crippen molar-refractivity contribution in [3.63, 3.8) is 0 Å². The molecule has 1 saturated carbocycles. The van der Waals surface area contributed by atoms with Crippen LogP contribution >= 0.6 is 0 Å². The number of hydrogen-bond donors (Lipinski definition) is 0. The summed E-state index contributed by atoms with van der Waals surface area (Å²) in [4.78, 5) is 0. The van der Waals surface area contributed by atoms with E-state index in [1.54, 1.807) is 0 Å². The molecule has 1 aliphatic carbocycles. The molecule has 1 fully saturated rings. The van der Waals surface area contributed by atoms with Gasteiger partial charge in [-0.15, -0.1) is 0 Å². The Hall–Kier alpha value is 0. The van der Waals surface area contributed by atoms with Gasteiger partial charge in [0.05, 0.1) is 0 Å². The first kappa shape index (κ1) is 11.1. The van der Waals surface area contributed by atoms with Gasteiger partial charge in [-0.25, -0.2) is 0 Å². The van der Waals surface area contributed by atoms with Gasteiger partial charge in [0.15, 0.2) is 0 Å². The van der Waals surface area contributed by atoms with E-state index in [-0.39, 0.29) is 0 Å².